The minimum absolute atomic E-state index is 0.110. The van der Waals surface area contributed by atoms with Crippen LogP contribution in [0.3, 0.4) is 0 Å². The molecular formula is C21H19NO4. The van der Waals surface area contributed by atoms with Crippen LogP contribution >= 0.6 is 0 Å². The summed E-state index contributed by atoms with van der Waals surface area (Å²) in [5.74, 6) is -1.22. The Bertz CT molecular complexity index is 969. The number of rotatable bonds is 3. The molecule has 0 bridgehead atoms. The van der Waals surface area contributed by atoms with Crippen LogP contribution in [0.25, 0.3) is 10.8 Å². The summed E-state index contributed by atoms with van der Waals surface area (Å²) in [5, 5.41) is 2.03. The lowest BCUT2D eigenvalue weighted by Gasteiger charge is -2.25. The van der Waals surface area contributed by atoms with Crippen LogP contribution in [-0.4, -0.2) is 26.2 Å². The summed E-state index contributed by atoms with van der Waals surface area (Å²) in [6.45, 7) is 2.03. The van der Waals surface area contributed by atoms with Gasteiger partial charge in [-0.25, -0.2) is 9.59 Å². The van der Waals surface area contributed by atoms with Crippen molar-refractivity contribution in [2.75, 3.05) is 19.1 Å². The van der Waals surface area contributed by atoms with E-state index in [0.717, 1.165) is 22.0 Å². The molecule has 0 aliphatic carbocycles. The van der Waals surface area contributed by atoms with E-state index in [2.05, 4.69) is 0 Å². The van der Waals surface area contributed by atoms with E-state index in [4.69, 9.17) is 9.47 Å². The van der Waals surface area contributed by atoms with Gasteiger partial charge >= 0.3 is 11.9 Å². The highest BCUT2D eigenvalue weighted by Gasteiger charge is 2.28. The van der Waals surface area contributed by atoms with Crippen molar-refractivity contribution >= 4 is 28.4 Å². The second-order valence-electron chi connectivity index (χ2n) is 5.76. The quantitative estimate of drug-likeness (QED) is 0.792. The number of benzene rings is 2. The highest BCUT2D eigenvalue weighted by atomic mass is 16.5. The molecule has 0 atom stereocenters. The topological polar surface area (TPSA) is 55.8 Å². The number of nitrogens with zero attached hydrogens (tertiary/aromatic N) is 1. The third-order valence-corrected chi connectivity index (χ3v) is 4.27. The minimum atomic E-state index is -0.619. The van der Waals surface area contributed by atoms with Crippen LogP contribution in [0.4, 0.5) is 5.69 Å². The van der Waals surface area contributed by atoms with Crippen molar-refractivity contribution < 1.29 is 19.1 Å². The molecule has 26 heavy (non-hydrogen) atoms. The van der Waals surface area contributed by atoms with Crippen molar-refractivity contribution in [1.82, 2.24) is 0 Å². The fourth-order valence-corrected chi connectivity index (χ4v) is 3.00. The molecule has 132 valence electrons. The zero-order valence-electron chi connectivity index (χ0n) is 14.9. The molecule has 0 amide bonds. The molecule has 0 saturated carbocycles. The van der Waals surface area contributed by atoms with Gasteiger partial charge in [-0.1, -0.05) is 36.4 Å². The summed E-state index contributed by atoms with van der Waals surface area (Å²) in [6.07, 6.45) is 6.72. The summed E-state index contributed by atoms with van der Waals surface area (Å²) < 4.78 is 9.79. The van der Waals surface area contributed by atoms with Crippen molar-refractivity contribution in [3.8, 4) is 0 Å². The van der Waals surface area contributed by atoms with Crippen LogP contribution in [0.1, 0.15) is 5.56 Å². The zero-order chi connectivity index (χ0) is 18.7. The highest BCUT2D eigenvalue weighted by molar-refractivity contribution is 6.08. The second-order valence-corrected chi connectivity index (χ2v) is 5.76. The summed E-state index contributed by atoms with van der Waals surface area (Å²) in [5.41, 5.74) is 2.14. The third kappa shape index (κ3) is 2.99. The number of allylic oxidation sites excluding steroid dienone is 2. The Labute approximate surface area is 151 Å². The molecule has 1 aliphatic heterocycles. The number of hydrogen-bond donors (Lipinski definition) is 0. The lowest BCUT2D eigenvalue weighted by molar-refractivity contribution is -0.139. The van der Waals surface area contributed by atoms with Crippen molar-refractivity contribution in [2.24, 2.45) is 0 Å². The van der Waals surface area contributed by atoms with Crippen molar-refractivity contribution in [2.45, 2.75) is 6.92 Å². The molecule has 0 aromatic heterocycles. The maximum Gasteiger partial charge on any atom is 0.355 e. The van der Waals surface area contributed by atoms with Gasteiger partial charge in [-0.05, 0) is 36.1 Å². The fourth-order valence-electron chi connectivity index (χ4n) is 3.00. The van der Waals surface area contributed by atoms with E-state index in [1.165, 1.54) is 14.2 Å². The first-order chi connectivity index (χ1) is 12.6. The molecule has 5 nitrogen and oxygen atoms in total. The Morgan fingerprint density at radius 2 is 1.58 bits per heavy atom. The molecule has 0 fully saturated rings. The molecule has 2 aromatic carbocycles. The van der Waals surface area contributed by atoms with Crippen molar-refractivity contribution in [3.05, 3.63) is 77.7 Å². The molecule has 0 saturated heterocycles. The Hall–Kier alpha value is -3.34. The molecule has 1 heterocycles. The van der Waals surface area contributed by atoms with Gasteiger partial charge in [0.25, 0.3) is 0 Å². The molecule has 0 radical (unpaired) electrons. The summed E-state index contributed by atoms with van der Waals surface area (Å²) in [7, 11) is 2.57. The van der Waals surface area contributed by atoms with Gasteiger partial charge in [0.05, 0.1) is 25.5 Å². The van der Waals surface area contributed by atoms with Gasteiger partial charge in [-0.3, -0.25) is 0 Å². The maximum atomic E-state index is 12.5. The first kappa shape index (κ1) is 17.5. The van der Waals surface area contributed by atoms with E-state index >= 15 is 0 Å². The number of carbonyl (C=O) groups excluding carboxylic acids is 2. The first-order valence-electron chi connectivity index (χ1n) is 8.12. The van der Waals surface area contributed by atoms with Gasteiger partial charge in [-0.2, -0.15) is 0 Å². The summed E-state index contributed by atoms with van der Waals surface area (Å²) in [6, 6.07) is 11.8. The first-order valence-corrected chi connectivity index (χ1v) is 8.12. The molecule has 0 spiro atoms. The molecular weight excluding hydrogens is 330 g/mol. The zero-order valence-corrected chi connectivity index (χ0v) is 14.9. The van der Waals surface area contributed by atoms with Gasteiger partial charge in [0.1, 0.15) is 5.70 Å². The average Bonchev–Trinajstić information content (AvgIpc) is 2.90. The van der Waals surface area contributed by atoms with Crippen molar-refractivity contribution in [1.29, 1.82) is 0 Å². The van der Waals surface area contributed by atoms with E-state index in [0.29, 0.717) is 0 Å². The van der Waals surface area contributed by atoms with Gasteiger partial charge in [0.2, 0.25) is 0 Å². The summed E-state index contributed by atoms with van der Waals surface area (Å²) in [4.78, 5) is 26.5. The summed E-state index contributed by atoms with van der Waals surface area (Å²) >= 11 is 0. The van der Waals surface area contributed by atoms with Gasteiger partial charge in [-0.15, -0.1) is 0 Å². The maximum absolute atomic E-state index is 12.5. The number of carbonyl (C=O) groups is 2. The van der Waals surface area contributed by atoms with E-state index in [1.807, 2.05) is 43.3 Å². The van der Waals surface area contributed by atoms with Crippen LogP contribution < -0.4 is 4.90 Å². The number of ether oxygens (including phenoxy) is 2. The third-order valence-electron chi connectivity index (χ3n) is 4.27. The van der Waals surface area contributed by atoms with Gasteiger partial charge in [0, 0.05) is 11.6 Å². The predicted octanol–water partition coefficient (Wildman–Crippen LogP) is 3.64. The number of esters is 2. The number of hydrogen-bond acceptors (Lipinski definition) is 5. The number of methoxy groups -OCH3 is 2. The smallest absolute Gasteiger partial charge is 0.355 e. The average molecular weight is 349 g/mol. The SMILES string of the molecule is COC(=O)C1=C(C(=O)OC)N(c2ccc(C)c3ccccc23)C=CC=C1. The molecule has 1 aliphatic rings. The van der Waals surface area contributed by atoms with Crippen LogP contribution in [0.2, 0.25) is 0 Å². The van der Waals surface area contributed by atoms with Gasteiger partial charge < -0.3 is 14.4 Å². The van der Waals surface area contributed by atoms with Crippen molar-refractivity contribution in [3.63, 3.8) is 0 Å². The second kappa shape index (κ2) is 7.27. The highest BCUT2D eigenvalue weighted by Crippen LogP contribution is 2.33. The van der Waals surface area contributed by atoms with Crippen LogP contribution in [0, 0.1) is 6.92 Å². The van der Waals surface area contributed by atoms with Crippen LogP contribution in [0.5, 0.6) is 0 Å². The van der Waals surface area contributed by atoms with Crippen LogP contribution in [0.15, 0.2) is 72.1 Å². The largest absolute Gasteiger partial charge is 0.465 e. The van der Waals surface area contributed by atoms with E-state index in [1.54, 1.807) is 29.3 Å². The molecule has 5 heteroatoms. The lowest BCUT2D eigenvalue weighted by atomic mass is 10.0. The lowest BCUT2D eigenvalue weighted by Crippen LogP contribution is -2.27. The fraction of sp³-hybridized carbons (Fsp3) is 0.143. The molecule has 0 unspecified atom stereocenters. The van der Waals surface area contributed by atoms with E-state index in [-0.39, 0.29) is 11.3 Å². The Morgan fingerprint density at radius 3 is 2.27 bits per heavy atom. The molecule has 2 aromatic rings. The van der Waals surface area contributed by atoms with Crippen LogP contribution in [-0.2, 0) is 19.1 Å². The number of fused-ring (bicyclic) bond motifs is 1. The monoisotopic (exact) mass is 349 g/mol. The minimum Gasteiger partial charge on any atom is -0.465 e. The number of aryl methyl sites for hydroxylation is 1. The predicted molar refractivity (Wildman–Crippen MR) is 101 cm³/mol. The molecule has 0 N–H and O–H groups in total. The standard InChI is InChI=1S/C21H19NO4/c1-14-11-12-18(16-9-5-4-8-15(14)16)22-13-7-6-10-17(20(23)25-2)19(22)21(24)26-3/h4-13H,1-3H3. The Balaban J connectivity index is 2.30. The Kier molecular flexibility index (Phi) is 4.89. The van der Waals surface area contributed by atoms with E-state index in [9.17, 15) is 9.59 Å². The molecule has 3 rings (SSSR count). The Morgan fingerprint density at radius 1 is 0.885 bits per heavy atom. The number of anilines is 1. The normalized spacial score (nSPS) is 13.7. The van der Waals surface area contributed by atoms with Gasteiger partial charge in [0.15, 0.2) is 0 Å². The van der Waals surface area contributed by atoms with E-state index < -0.39 is 11.9 Å².